The Hall–Kier alpha value is -3.10. The van der Waals surface area contributed by atoms with Gasteiger partial charge in [-0.3, -0.25) is 10.1 Å². The SMILES string of the molecule is CCC1CCCCN1c1ncnc(Nc2ccc3c(c2)OCO3)c1[N+](=O)[O-]. The van der Waals surface area contributed by atoms with Gasteiger partial charge in [0, 0.05) is 24.3 Å². The van der Waals surface area contributed by atoms with E-state index in [1.807, 2.05) is 4.90 Å². The predicted octanol–water partition coefficient (Wildman–Crippen LogP) is 3.63. The first kappa shape index (κ1) is 17.3. The van der Waals surface area contributed by atoms with Gasteiger partial charge in [0.1, 0.15) is 6.33 Å². The normalized spacial score (nSPS) is 18.4. The number of hydrogen-bond donors (Lipinski definition) is 1. The second kappa shape index (κ2) is 7.26. The molecule has 1 atom stereocenters. The number of hydrogen-bond acceptors (Lipinski definition) is 8. The number of anilines is 3. The Morgan fingerprint density at radius 1 is 1.30 bits per heavy atom. The highest BCUT2D eigenvalue weighted by Gasteiger charge is 2.32. The monoisotopic (exact) mass is 371 g/mol. The Bertz CT molecular complexity index is 860. The minimum Gasteiger partial charge on any atom is -0.454 e. The van der Waals surface area contributed by atoms with Gasteiger partial charge in [-0.1, -0.05) is 6.92 Å². The number of benzene rings is 1. The summed E-state index contributed by atoms with van der Waals surface area (Å²) in [6.45, 7) is 3.03. The van der Waals surface area contributed by atoms with Gasteiger partial charge in [0.05, 0.1) is 4.92 Å². The van der Waals surface area contributed by atoms with Gasteiger partial charge in [0.15, 0.2) is 11.5 Å². The van der Waals surface area contributed by atoms with Crippen molar-refractivity contribution in [3.8, 4) is 11.5 Å². The maximum atomic E-state index is 11.9. The van der Waals surface area contributed by atoms with E-state index in [2.05, 4.69) is 22.2 Å². The van der Waals surface area contributed by atoms with Crippen LogP contribution < -0.4 is 19.7 Å². The largest absolute Gasteiger partial charge is 0.454 e. The van der Waals surface area contributed by atoms with Crippen LogP contribution in [0.5, 0.6) is 11.5 Å². The van der Waals surface area contributed by atoms with Crippen molar-refractivity contribution in [3.63, 3.8) is 0 Å². The van der Waals surface area contributed by atoms with E-state index in [0.717, 1.165) is 32.2 Å². The Kier molecular flexibility index (Phi) is 4.66. The van der Waals surface area contributed by atoms with Crippen LogP contribution in [0.1, 0.15) is 32.6 Å². The number of nitro groups is 1. The summed E-state index contributed by atoms with van der Waals surface area (Å²) in [7, 11) is 0. The van der Waals surface area contributed by atoms with Crippen LogP contribution in [0, 0.1) is 10.1 Å². The highest BCUT2D eigenvalue weighted by molar-refractivity contribution is 5.75. The van der Waals surface area contributed by atoms with Crippen molar-refractivity contribution in [1.29, 1.82) is 0 Å². The Balaban J connectivity index is 1.70. The predicted molar refractivity (Wildman–Crippen MR) is 99.8 cm³/mol. The van der Waals surface area contributed by atoms with E-state index in [0.29, 0.717) is 23.0 Å². The van der Waals surface area contributed by atoms with Crippen LogP contribution in [0.4, 0.5) is 23.0 Å². The van der Waals surface area contributed by atoms with Gasteiger partial charge in [-0.15, -0.1) is 0 Å². The number of rotatable bonds is 5. The summed E-state index contributed by atoms with van der Waals surface area (Å²) in [4.78, 5) is 21.9. The lowest BCUT2D eigenvalue weighted by atomic mass is 10.00. The third-order valence-electron chi connectivity index (χ3n) is 4.99. The van der Waals surface area contributed by atoms with Crippen LogP contribution in [0.3, 0.4) is 0 Å². The summed E-state index contributed by atoms with van der Waals surface area (Å²) in [5.74, 6) is 1.80. The number of nitrogens with zero attached hydrogens (tertiary/aromatic N) is 4. The van der Waals surface area contributed by atoms with Gasteiger partial charge in [0.2, 0.25) is 18.4 Å². The first-order valence-electron chi connectivity index (χ1n) is 9.10. The van der Waals surface area contributed by atoms with Crippen molar-refractivity contribution < 1.29 is 14.4 Å². The van der Waals surface area contributed by atoms with Crippen LogP contribution in [0.2, 0.25) is 0 Å². The maximum absolute atomic E-state index is 11.9. The minimum absolute atomic E-state index is 0.101. The van der Waals surface area contributed by atoms with E-state index in [1.165, 1.54) is 6.33 Å². The molecule has 0 bridgehead atoms. The van der Waals surface area contributed by atoms with Gasteiger partial charge in [-0.2, -0.15) is 0 Å². The minimum atomic E-state index is -0.411. The molecule has 3 heterocycles. The zero-order valence-corrected chi connectivity index (χ0v) is 15.1. The van der Waals surface area contributed by atoms with E-state index in [-0.39, 0.29) is 24.3 Å². The molecular formula is C18H21N5O4. The molecule has 1 N–H and O–H groups in total. The zero-order valence-electron chi connectivity index (χ0n) is 15.1. The molecule has 1 unspecified atom stereocenters. The van der Waals surface area contributed by atoms with Crippen LogP contribution >= 0.6 is 0 Å². The van der Waals surface area contributed by atoms with Crippen molar-refractivity contribution in [3.05, 3.63) is 34.6 Å². The molecule has 0 amide bonds. The molecule has 0 radical (unpaired) electrons. The molecule has 9 heteroatoms. The fraction of sp³-hybridized carbons (Fsp3) is 0.444. The molecule has 1 aromatic carbocycles. The molecule has 27 heavy (non-hydrogen) atoms. The molecule has 4 rings (SSSR count). The molecule has 0 spiro atoms. The van der Waals surface area contributed by atoms with Gasteiger partial charge in [-0.25, -0.2) is 9.97 Å². The Morgan fingerprint density at radius 2 is 2.15 bits per heavy atom. The molecule has 1 saturated heterocycles. The van der Waals surface area contributed by atoms with Crippen molar-refractivity contribution in [1.82, 2.24) is 9.97 Å². The average molecular weight is 371 g/mol. The number of aromatic nitrogens is 2. The van der Waals surface area contributed by atoms with E-state index in [9.17, 15) is 10.1 Å². The first-order chi connectivity index (χ1) is 13.2. The standard InChI is InChI=1S/C18H21N5O4/c1-2-13-5-3-4-8-22(13)18-16(23(24)25)17(19-10-20-18)21-12-6-7-14-15(9-12)27-11-26-14/h6-7,9-10,13H,2-5,8,11H2,1H3,(H,19,20,21). The summed E-state index contributed by atoms with van der Waals surface area (Å²) < 4.78 is 10.7. The van der Waals surface area contributed by atoms with Crippen molar-refractivity contribution >= 4 is 23.0 Å². The summed E-state index contributed by atoms with van der Waals surface area (Å²) in [6, 6.07) is 5.53. The van der Waals surface area contributed by atoms with Gasteiger partial charge in [-0.05, 0) is 37.8 Å². The second-order valence-corrected chi connectivity index (χ2v) is 6.60. The molecular weight excluding hydrogens is 350 g/mol. The number of nitrogens with one attached hydrogen (secondary N) is 1. The lowest BCUT2D eigenvalue weighted by Crippen LogP contribution is -2.40. The van der Waals surface area contributed by atoms with E-state index in [1.54, 1.807) is 18.2 Å². The third-order valence-corrected chi connectivity index (χ3v) is 4.99. The summed E-state index contributed by atoms with van der Waals surface area (Å²) in [5, 5.41) is 14.9. The van der Waals surface area contributed by atoms with Crippen LogP contribution in [-0.4, -0.2) is 34.3 Å². The maximum Gasteiger partial charge on any atom is 0.353 e. The highest BCUT2D eigenvalue weighted by Crippen LogP contribution is 2.39. The third kappa shape index (κ3) is 3.32. The zero-order chi connectivity index (χ0) is 18.8. The molecule has 2 aliphatic rings. The molecule has 1 aromatic heterocycles. The lowest BCUT2D eigenvalue weighted by molar-refractivity contribution is -0.383. The van der Waals surface area contributed by atoms with Gasteiger partial charge in [0.25, 0.3) is 0 Å². The molecule has 2 aromatic rings. The lowest BCUT2D eigenvalue weighted by Gasteiger charge is -2.35. The van der Waals surface area contributed by atoms with Crippen LogP contribution in [-0.2, 0) is 0 Å². The molecule has 0 aliphatic carbocycles. The highest BCUT2D eigenvalue weighted by atomic mass is 16.7. The fourth-order valence-corrected chi connectivity index (χ4v) is 3.65. The van der Waals surface area contributed by atoms with E-state index >= 15 is 0 Å². The van der Waals surface area contributed by atoms with Crippen molar-refractivity contribution in [2.75, 3.05) is 23.6 Å². The average Bonchev–Trinajstić information content (AvgIpc) is 3.15. The van der Waals surface area contributed by atoms with Crippen molar-refractivity contribution in [2.45, 2.75) is 38.6 Å². The Labute approximate surface area is 156 Å². The quantitative estimate of drug-likeness (QED) is 0.628. The topological polar surface area (TPSA) is 103 Å². The van der Waals surface area contributed by atoms with E-state index in [4.69, 9.17) is 9.47 Å². The molecule has 142 valence electrons. The fourth-order valence-electron chi connectivity index (χ4n) is 3.65. The summed E-state index contributed by atoms with van der Waals surface area (Å²) in [5.41, 5.74) is 0.535. The van der Waals surface area contributed by atoms with Crippen LogP contribution in [0.15, 0.2) is 24.5 Å². The van der Waals surface area contributed by atoms with Gasteiger partial charge < -0.3 is 19.7 Å². The van der Waals surface area contributed by atoms with Crippen molar-refractivity contribution in [2.24, 2.45) is 0 Å². The second-order valence-electron chi connectivity index (χ2n) is 6.60. The molecule has 2 aliphatic heterocycles. The number of piperidine rings is 1. The van der Waals surface area contributed by atoms with Gasteiger partial charge >= 0.3 is 5.69 Å². The summed E-state index contributed by atoms with van der Waals surface area (Å²) >= 11 is 0. The number of fused-ring (bicyclic) bond motifs is 1. The smallest absolute Gasteiger partial charge is 0.353 e. The molecule has 9 nitrogen and oxygen atoms in total. The summed E-state index contributed by atoms with van der Waals surface area (Å²) in [6.07, 6.45) is 5.45. The van der Waals surface area contributed by atoms with E-state index < -0.39 is 4.92 Å². The Morgan fingerprint density at radius 3 is 2.96 bits per heavy atom. The molecule has 0 saturated carbocycles. The number of ether oxygens (including phenoxy) is 2. The first-order valence-corrected chi connectivity index (χ1v) is 9.10. The van der Waals surface area contributed by atoms with Crippen LogP contribution in [0.25, 0.3) is 0 Å². The molecule has 1 fully saturated rings.